The quantitative estimate of drug-likeness (QED) is 0.857. The average Bonchev–Trinajstić information content (AvgIpc) is 3.03. The van der Waals surface area contributed by atoms with Gasteiger partial charge >= 0.3 is 0 Å². The lowest BCUT2D eigenvalue weighted by atomic mass is 9.95. The lowest BCUT2D eigenvalue weighted by Crippen LogP contribution is -2.52. The Morgan fingerprint density at radius 2 is 1.71 bits per heavy atom. The highest BCUT2D eigenvalue weighted by Gasteiger charge is 2.34. The predicted molar refractivity (Wildman–Crippen MR) is 79.9 cm³/mol. The molecule has 5 heteroatoms. The van der Waals surface area contributed by atoms with Crippen LogP contribution < -0.4 is 5.32 Å². The molecular formula is C16H28N2O3. The zero-order chi connectivity index (χ0) is 14.5. The Labute approximate surface area is 127 Å². The van der Waals surface area contributed by atoms with Crippen molar-refractivity contribution >= 4 is 5.91 Å². The van der Waals surface area contributed by atoms with E-state index in [1.54, 1.807) is 0 Å². The Bertz CT molecular complexity index is 338. The lowest BCUT2D eigenvalue weighted by Gasteiger charge is -2.37. The summed E-state index contributed by atoms with van der Waals surface area (Å²) in [5.74, 6) is 0.173. The smallest absolute Gasteiger partial charge is 0.234 e. The molecule has 2 heterocycles. The Kier molecular flexibility index (Phi) is 5.49. The van der Waals surface area contributed by atoms with E-state index in [0.717, 1.165) is 25.8 Å². The molecule has 2 saturated heterocycles. The topological polar surface area (TPSA) is 50.8 Å². The third kappa shape index (κ3) is 4.18. The van der Waals surface area contributed by atoms with Crippen LogP contribution in [0.4, 0.5) is 0 Å². The van der Waals surface area contributed by atoms with Gasteiger partial charge in [-0.25, -0.2) is 0 Å². The summed E-state index contributed by atoms with van der Waals surface area (Å²) < 4.78 is 11.3. The van der Waals surface area contributed by atoms with Crippen molar-refractivity contribution in [1.82, 2.24) is 10.2 Å². The molecule has 3 rings (SSSR count). The van der Waals surface area contributed by atoms with Crippen molar-refractivity contribution in [3.05, 3.63) is 0 Å². The number of nitrogens with zero attached hydrogens (tertiary/aromatic N) is 1. The van der Waals surface area contributed by atoms with Crippen molar-refractivity contribution in [2.75, 3.05) is 26.3 Å². The molecule has 1 amide bonds. The molecular weight excluding hydrogens is 268 g/mol. The summed E-state index contributed by atoms with van der Waals surface area (Å²) >= 11 is 0. The molecule has 3 fully saturated rings. The monoisotopic (exact) mass is 296 g/mol. The highest BCUT2D eigenvalue weighted by atomic mass is 16.7. The minimum absolute atomic E-state index is 0.132. The first-order valence-electron chi connectivity index (χ1n) is 8.59. The van der Waals surface area contributed by atoms with E-state index in [1.807, 2.05) is 0 Å². The summed E-state index contributed by atoms with van der Waals surface area (Å²) in [4.78, 5) is 14.6. The number of nitrogens with one attached hydrogen (secondary N) is 1. The molecule has 1 unspecified atom stereocenters. The maximum absolute atomic E-state index is 12.3. The SMILES string of the molecule is O=C(CN1CCCCC1C1OCCO1)NC1CCCCC1. The van der Waals surface area contributed by atoms with Crippen LogP contribution in [-0.4, -0.2) is 55.5 Å². The fourth-order valence-corrected chi connectivity index (χ4v) is 3.82. The number of rotatable bonds is 4. The van der Waals surface area contributed by atoms with Crippen LogP contribution in [0.25, 0.3) is 0 Å². The first kappa shape index (κ1) is 15.3. The van der Waals surface area contributed by atoms with E-state index in [-0.39, 0.29) is 18.2 Å². The van der Waals surface area contributed by atoms with E-state index >= 15 is 0 Å². The van der Waals surface area contributed by atoms with E-state index in [1.165, 1.54) is 32.1 Å². The van der Waals surface area contributed by atoms with Crippen molar-refractivity contribution < 1.29 is 14.3 Å². The number of ether oxygens (including phenoxy) is 2. The van der Waals surface area contributed by atoms with Crippen LogP contribution in [0.15, 0.2) is 0 Å². The highest BCUT2D eigenvalue weighted by molar-refractivity contribution is 5.78. The Balaban J connectivity index is 1.50. The maximum atomic E-state index is 12.3. The van der Waals surface area contributed by atoms with Crippen LogP contribution in [0.2, 0.25) is 0 Å². The molecule has 0 bridgehead atoms. The zero-order valence-corrected chi connectivity index (χ0v) is 12.9. The van der Waals surface area contributed by atoms with E-state index in [9.17, 15) is 4.79 Å². The Morgan fingerprint density at radius 3 is 2.48 bits per heavy atom. The van der Waals surface area contributed by atoms with Crippen molar-refractivity contribution in [2.45, 2.75) is 69.7 Å². The molecule has 0 spiro atoms. The fraction of sp³-hybridized carbons (Fsp3) is 0.938. The molecule has 21 heavy (non-hydrogen) atoms. The van der Waals surface area contributed by atoms with Crippen LogP contribution in [0, 0.1) is 0 Å². The van der Waals surface area contributed by atoms with Gasteiger partial charge in [0.15, 0.2) is 6.29 Å². The zero-order valence-electron chi connectivity index (χ0n) is 12.9. The first-order chi connectivity index (χ1) is 10.3. The third-order valence-corrected chi connectivity index (χ3v) is 4.94. The van der Waals surface area contributed by atoms with Gasteiger partial charge in [0.05, 0.1) is 25.8 Å². The molecule has 3 aliphatic rings. The molecule has 5 nitrogen and oxygen atoms in total. The summed E-state index contributed by atoms with van der Waals surface area (Å²) in [6.45, 7) is 2.84. The van der Waals surface area contributed by atoms with E-state index in [2.05, 4.69) is 10.2 Å². The number of amides is 1. The third-order valence-electron chi connectivity index (χ3n) is 4.94. The Hall–Kier alpha value is -0.650. The number of hydrogen-bond acceptors (Lipinski definition) is 4. The highest BCUT2D eigenvalue weighted by Crippen LogP contribution is 2.24. The van der Waals surface area contributed by atoms with E-state index < -0.39 is 0 Å². The summed E-state index contributed by atoms with van der Waals surface area (Å²) in [5, 5.41) is 3.22. The normalized spacial score (nSPS) is 29.6. The average molecular weight is 296 g/mol. The summed E-state index contributed by atoms with van der Waals surface area (Å²) in [6, 6.07) is 0.645. The van der Waals surface area contributed by atoms with Gasteiger partial charge in [-0.3, -0.25) is 9.69 Å². The molecule has 0 aromatic heterocycles. The number of hydrogen-bond donors (Lipinski definition) is 1. The van der Waals surface area contributed by atoms with Crippen LogP contribution in [0.5, 0.6) is 0 Å². The first-order valence-corrected chi connectivity index (χ1v) is 8.59. The number of likely N-dealkylation sites (tertiary alicyclic amines) is 1. The fourth-order valence-electron chi connectivity index (χ4n) is 3.82. The predicted octanol–water partition coefficient (Wildman–Crippen LogP) is 1.66. The second kappa shape index (κ2) is 7.56. The van der Waals surface area contributed by atoms with Gasteiger partial charge in [-0.1, -0.05) is 25.7 Å². The van der Waals surface area contributed by atoms with Gasteiger partial charge in [0.2, 0.25) is 5.91 Å². The van der Waals surface area contributed by atoms with Gasteiger partial charge in [0.25, 0.3) is 0 Å². The number of carbonyl (C=O) groups excluding carboxylic acids is 1. The molecule has 120 valence electrons. The van der Waals surface area contributed by atoms with Gasteiger partial charge in [-0.15, -0.1) is 0 Å². The molecule has 0 aromatic rings. The van der Waals surface area contributed by atoms with Crippen LogP contribution in [0.3, 0.4) is 0 Å². The molecule has 1 atom stereocenters. The molecule has 1 N–H and O–H groups in total. The lowest BCUT2D eigenvalue weighted by molar-refractivity contribution is -0.131. The minimum Gasteiger partial charge on any atom is -0.352 e. The summed E-state index contributed by atoms with van der Waals surface area (Å²) in [7, 11) is 0. The van der Waals surface area contributed by atoms with Crippen molar-refractivity contribution in [3.8, 4) is 0 Å². The molecule has 0 radical (unpaired) electrons. The maximum Gasteiger partial charge on any atom is 0.234 e. The summed E-state index contributed by atoms with van der Waals surface area (Å²) in [5.41, 5.74) is 0. The standard InChI is InChI=1S/C16H28N2O3/c19-15(17-13-6-2-1-3-7-13)12-18-9-5-4-8-14(18)16-20-10-11-21-16/h13-14,16H,1-12H2,(H,17,19). The van der Waals surface area contributed by atoms with E-state index in [0.29, 0.717) is 25.8 Å². The van der Waals surface area contributed by atoms with Crippen molar-refractivity contribution in [1.29, 1.82) is 0 Å². The largest absolute Gasteiger partial charge is 0.352 e. The van der Waals surface area contributed by atoms with Crippen LogP contribution in [0.1, 0.15) is 51.4 Å². The molecule has 0 aromatic carbocycles. The second-order valence-corrected chi connectivity index (χ2v) is 6.55. The van der Waals surface area contributed by atoms with Gasteiger partial charge in [-0.2, -0.15) is 0 Å². The van der Waals surface area contributed by atoms with Gasteiger partial charge < -0.3 is 14.8 Å². The number of carbonyl (C=O) groups is 1. The van der Waals surface area contributed by atoms with Gasteiger partial charge in [-0.05, 0) is 32.2 Å². The molecule has 2 aliphatic heterocycles. The van der Waals surface area contributed by atoms with E-state index in [4.69, 9.17) is 9.47 Å². The van der Waals surface area contributed by atoms with Crippen LogP contribution in [-0.2, 0) is 14.3 Å². The van der Waals surface area contributed by atoms with Crippen molar-refractivity contribution in [2.24, 2.45) is 0 Å². The van der Waals surface area contributed by atoms with Crippen LogP contribution >= 0.6 is 0 Å². The van der Waals surface area contributed by atoms with Gasteiger partial charge in [0.1, 0.15) is 0 Å². The summed E-state index contributed by atoms with van der Waals surface area (Å²) in [6.07, 6.45) is 9.41. The minimum atomic E-state index is -0.132. The molecule has 1 saturated carbocycles. The molecule has 1 aliphatic carbocycles. The van der Waals surface area contributed by atoms with Crippen molar-refractivity contribution in [3.63, 3.8) is 0 Å². The van der Waals surface area contributed by atoms with Gasteiger partial charge in [0, 0.05) is 6.04 Å². The Morgan fingerprint density at radius 1 is 1.00 bits per heavy atom. The second-order valence-electron chi connectivity index (χ2n) is 6.55. The number of piperidine rings is 1.